The zero-order chi connectivity index (χ0) is 16.0. The fourth-order valence-corrected chi connectivity index (χ4v) is 1.94. The van der Waals surface area contributed by atoms with Gasteiger partial charge >= 0.3 is 0 Å². The Morgan fingerprint density at radius 2 is 1.64 bits per heavy atom. The van der Waals surface area contributed by atoms with Crippen molar-refractivity contribution in [3.63, 3.8) is 0 Å². The van der Waals surface area contributed by atoms with Crippen molar-refractivity contribution in [1.29, 1.82) is 0 Å². The Hall–Kier alpha value is -1.91. The molecule has 0 aliphatic heterocycles. The molecule has 0 saturated carbocycles. The average Bonchev–Trinajstić information content (AvgIpc) is 2.57. The first kappa shape index (κ1) is 18.1. The Morgan fingerprint density at radius 1 is 1.00 bits per heavy atom. The highest BCUT2D eigenvalue weighted by Gasteiger charge is 1.98. The van der Waals surface area contributed by atoms with Gasteiger partial charge in [0.1, 0.15) is 11.5 Å². The van der Waals surface area contributed by atoms with E-state index in [4.69, 9.17) is 9.47 Å². The van der Waals surface area contributed by atoms with Gasteiger partial charge in [0.25, 0.3) is 0 Å². The largest absolute Gasteiger partial charge is 0.497 e. The van der Waals surface area contributed by atoms with E-state index in [2.05, 4.69) is 22.5 Å². The van der Waals surface area contributed by atoms with Crippen LogP contribution in [-0.4, -0.2) is 39.8 Å². The first-order valence-electron chi connectivity index (χ1n) is 8.01. The third-order valence-corrected chi connectivity index (χ3v) is 3.24. The van der Waals surface area contributed by atoms with Crippen molar-refractivity contribution < 1.29 is 9.47 Å². The van der Waals surface area contributed by atoms with Crippen LogP contribution in [0, 0.1) is 0 Å². The molecule has 2 N–H and O–H groups in total. The smallest absolute Gasteiger partial charge is 0.190 e. The third-order valence-electron chi connectivity index (χ3n) is 3.24. The topological polar surface area (TPSA) is 54.9 Å². The lowest BCUT2D eigenvalue weighted by molar-refractivity contribution is 0.310. The number of methoxy groups -OCH3 is 1. The van der Waals surface area contributed by atoms with E-state index in [1.807, 2.05) is 24.3 Å². The Kier molecular flexibility index (Phi) is 9.66. The molecule has 0 radical (unpaired) electrons. The summed E-state index contributed by atoms with van der Waals surface area (Å²) in [7, 11) is 3.45. The van der Waals surface area contributed by atoms with E-state index in [1.165, 1.54) is 19.3 Å². The van der Waals surface area contributed by atoms with Crippen LogP contribution in [-0.2, 0) is 0 Å². The summed E-state index contributed by atoms with van der Waals surface area (Å²) >= 11 is 0. The zero-order valence-corrected chi connectivity index (χ0v) is 14.0. The van der Waals surface area contributed by atoms with Crippen LogP contribution < -0.4 is 20.1 Å². The molecule has 124 valence electrons. The van der Waals surface area contributed by atoms with Crippen molar-refractivity contribution in [3.8, 4) is 11.5 Å². The minimum absolute atomic E-state index is 0.673. The van der Waals surface area contributed by atoms with Crippen LogP contribution in [0.3, 0.4) is 0 Å². The minimum atomic E-state index is 0.673. The molecular weight excluding hydrogens is 278 g/mol. The van der Waals surface area contributed by atoms with Crippen LogP contribution in [0.2, 0.25) is 0 Å². The minimum Gasteiger partial charge on any atom is -0.497 e. The van der Waals surface area contributed by atoms with Crippen LogP contribution in [0.1, 0.15) is 32.6 Å². The van der Waals surface area contributed by atoms with Gasteiger partial charge in [-0.15, -0.1) is 0 Å². The number of nitrogens with zero attached hydrogens (tertiary/aromatic N) is 1. The molecule has 0 atom stereocenters. The highest BCUT2D eigenvalue weighted by molar-refractivity contribution is 5.79. The van der Waals surface area contributed by atoms with Crippen molar-refractivity contribution in [2.45, 2.75) is 32.6 Å². The first-order valence-corrected chi connectivity index (χ1v) is 8.01. The molecule has 22 heavy (non-hydrogen) atoms. The molecule has 0 saturated heterocycles. The van der Waals surface area contributed by atoms with E-state index in [0.717, 1.165) is 37.0 Å². The lowest BCUT2D eigenvalue weighted by atomic mass is 10.2. The highest BCUT2D eigenvalue weighted by Crippen LogP contribution is 2.16. The number of rotatable bonds is 10. The maximum atomic E-state index is 5.68. The van der Waals surface area contributed by atoms with Gasteiger partial charge in [-0.2, -0.15) is 0 Å². The molecule has 0 aliphatic rings. The Bertz CT molecular complexity index is 418. The monoisotopic (exact) mass is 307 g/mol. The number of hydrogen-bond acceptors (Lipinski definition) is 3. The second-order valence-corrected chi connectivity index (χ2v) is 5.01. The van der Waals surface area contributed by atoms with E-state index < -0.39 is 0 Å². The summed E-state index contributed by atoms with van der Waals surface area (Å²) in [6.07, 6.45) is 4.58. The summed E-state index contributed by atoms with van der Waals surface area (Å²) in [6, 6.07) is 7.63. The Morgan fingerprint density at radius 3 is 2.23 bits per heavy atom. The molecular formula is C17H29N3O2. The van der Waals surface area contributed by atoms with Gasteiger partial charge in [0, 0.05) is 20.1 Å². The molecule has 5 nitrogen and oxygen atoms in total. The number of aliphatic imine (C=N–C) groups is 1. The summed E-state index contributed by atoms with van der Waals surface area (Å²) in [5.74, 6) is 2.57. The van der Waals surface area contributed by atoms with Crippen molar-refractivity contribution in [1.82, 2.24) is 10.6 Å². The van der Waals surface area contributed by atoms with Crippen LogP contribution in [0.5, 0.6) is 11.5 Å². The number of nitrogens with one attached hydrogen (secondary N) is 2. The van der Waals surface area contributed by atoms with E-state index in [0.29, 0.717) is 6.61 Å². The molecule has 0 aliphatic carbocycles. The van der Waals surface area contributed by atoms with Crippen molar-refractivity contribution >= 4 is 5.96 Å². The second-order valence-electron chi connectivity index (χ2n) is 5.01. The fourth-order valence-electron chi connectivity index (χ4n) is 1.94. The fraction of sp³-hybridized carbons (Fsp3) is 0.588. The van der Waals surface area contributed by atoms with Crippen LogP contribution in [0.25, 0.3) is 0 Å². The lowest BCUT2D eigenvalue weighted by Gasteiger charge is -2.12. The number of ether oxygens (including phenoxy) is 2. The van der Waals surface area contributed by atoms with Crippen molar-refractivity contribution in [2.24, 2.45) is 4.99 Å². The standard InChI is InChI=1S/C17H29N3O2/c1-4-5-6-12-19-17(18-2)20-13-7-14-22-16-10-8-15(21-3)9-11-16/h8-11H,4-7,12-14H2,1-3H3,(H2,18,19,20). The predicted molar refractivity (Wildman–Crippen MR) is 92.0 cm³/mol. The number of hydrogen-bond donors (Lipinski definition) is 2. The predicted octanol–water partition coefficient (Wildman–Crippen LogP) is 2.82. The van der Waals surface area contributed by atoms with Gasteiger partial charge in [-0.25, -0.2) is 0 Å². The van der Waals surface area contributed by atoms with Gasteiger partial charge in [-0.05, 0) is 37.1 Å². The SMILES string of the molecule is CCCCCNC(=NC)NCCCOc1ccc(OC)cc1. The molecule has 1 rings (SSSR count). The Labute approximate surface area is 134 Å². The number of guanidine groups is 1. The molecule has 5 heteroatoms. The van der Waals surface area contributed by atoms with Gasteiger partial charge in [0.2, 0.25) is 0 Å². The van der Waals surface area contributed by atoms with E-state index in [1.54, 1.807) is 14.2 Å². The zero-order valence-electron chi connectivity index (χ0n) is 14.0. The number of benzene rings is 1. The average molecular weight is 307 g/mol. The maximum Gasteiger partial charge on any atom is 0.190 e. The Balaban J connectivity index is 2.10. The summed E-state index contributed by atoms with van der Waals surface area (Å²) in [5, 5.41) is 6.60. The summed E-state index contributed by atoms with van der Waals surface area (Å²) in [4.78, 5) is 4.20. The lowest BCUT2D eigenvalue weighted by Crippen LogP contribution is -2.38. The van der Waals surface area contributed by atoms with Gasteiger partial charge in [-0.1, -0.05) is 19.8 Å². The van der Waals surface area contributed by atoms with Crippen LogP contribution >= 0.6 is 0 Å². The van der Waals surface area contributed by atoms with Crippen LogP contribution in [0.15, 0.2) is 29.3 Å². The molecule has 1 aromatic carbocycles. The molecule has 0 fully saturated rings. The summed E-state index contributed by atoms with van der Waals surface area (Å²) in [6.45, 7) is 4.68. The maximum absolute atomic E-state index is 5.68. The van der Waals surface area contributed by atoms with Gasteiger partial charge < -0.3 is 20.1 Å². The highest BCUT2D eigenvalue weighted by atomic mass is 16.5. The summed E-state index contributed by atoms with van der Waals surface area (Å²) in [5.41, 5.74) is 0. The normalized spacial score (nSPS) is 11.1. The molecule has 0 aromatic heterocycles. The van der Waals surface area contributed by atoms with Gasteiger partial charge in [-0.3, -0.25) is 4.99 Å². The first-order chi connectivity index (χ1) is 10.8. The van der Waals surface area contributed by atoms with Crippen molar-refractivity contribution in [3.05, 3.63) is 24.3 Å². The van der Waals surface area contributed by atoms with Crippen LogP contribution in [0.4, 0.5) is 0 Å². The molecule has 0 unspecified atom stereocenters. The van der Waals surface area contributed by atoms with E-state index in [-0.39, 0.29) is 0 Å². The van der Waals surface area contributed by atoms with E-state index >= 15 is 0 Å². The van der Waals surface area contributed by atoms with Gasteiger partial charge in [0.15, 0.2) is 5.96 Å². The van der Waals surface area contributed by atoms with Gasteiger partial charge in [0.05, 0.1) is 13.7 Å². The van der Waals surface area contributed by atoms with E-state index in [9.17, 15) is 0 Å². The summed E-state index contributed by atoms with van der Waals surface area (Å²) < 4.78 is 10.8. The molecule has 1 aromatic rings. The molecule has 0 heterocycles. The molecule has 0 bridgehead atoms. The quantitative estimate of drug-likeness (QED) is 0.396. The third kappa shape index (κ3) is 7.76. The molecule has 0 spiro atoms. The molecule has 0 amide bonds. The number of unbranched alkanes of at least 4 members (excludes halogenated alkanes) is 2. The second kappa shape index (κ2) is 11.7. The van der Waals surface area contributed by atoms with Crippen molar-refractivity contribution in [2.75, 3.05) is 33.9 Å².